The van der Waals surface area contributed by atoms with E-state index in [1.54, 1.807) is 7.05 Å². The van der Waals surface area contributed by atoms with Crippen molar-refractivity contribution in [2.45, 2.75) is 12.8 Å². The minimum Gasteiger partial charge on any atom is -0.369 e. The maximum absolute atomic E-state index is 11.2. The fraction of sp³-hybridized carbons (Fsp3) is 0.667. The maximum atomic E-state index is 11.2. The minimum atomic E-state index is -0.217. The number of amides is 1. The van der Waals surface area contributed by atoms with Crippen molar-refractivity contribution in [3.8, 4) is 0 Å². The summed E-state index contributed by atoms with van der Waals surface area (Å²) in [5, 5.41) is 2.94. The normalized spacial score (nSPS) is 16.1. The number of piperidine rings is 1. The molecule has 8 nitrogen and oxygen atoms in total. The highest BCUT2D eigenvalue weighted by molar-refractivity contribution is 5.76. The van der Waals surface area contributed by atoms with Crippen LogP contribution in [0.2, 0.25) is 0 Å². The third-order valence-electron chi connectivity index (χ3n) is 3.42. The third-order valence-corrected chi connectivity index (χ3v) is 3.42. The molecule has 2 rings (SSSR count). The fourth-order valence-electron chi connectivity index (χ4n) is 2.17. The van der Waals surface area contributed by atoms with E-state index in [4.69, 9.17) is 5.73 Å². The van der Waals surface area contributed by atoms with Gasteiger partial charge in [0.25, 0.3) is 0 Å². The Morgan fingerprint density at radius 2 is 1.95 bits per heavy atom. The lowest BCUT2D eigenvalue weighted by atomic mass is 9.96. The maximum Gasteiger partial charge on any atom is 0.231 e. The Morgan fingerprint density at radius 1 is 1.30 bits per heavy atom. The first-order chi connectivity index (χ1) is 9.51. The molecule has 0 saturated carbocycles. The zero-order valence-electron chi connectivity index (χ0n) is 12.1. The van der Waals surface area contributed by atoms with Gasteiger partial charge in [0.15, 0.2) is 0 Å². The summed E-state index contributed by atoms with van der Waals surface area (Å²) in [6, 6.07) is 0. The Kier molecular flexibility index (Phi) is 4.21. The van der Waals surface area contributed by atoms with Crippen LogP contribution < -0.4 is 20.9 Å². The van der Waals surface area contributed by atoms with Gasteiger partial charge in [0.05, 0.1) is 0 Å². The second-order valence-electron chi connectivity index (χ2n) is 5.07. The summed E-state index contributed by atoms with van der Waals surface area (Å²) in [4.78, 5) is 28.2. The minimum absolute atomic E-state index is 0.0369. The van der Waals surface area contributed by atoms with Crippen LogP contribution >= 0.6 is 0 Å². The topological polar surface area (TPSA) is 100 Å². The number of nitrogens with one attached hydrogen (secondary N) is 1. The quantitative estimate of drug-likeness (QED) is 0.779. The molecule has 1 aliphatic heterocycles. The molecule has 0 bridgehead atoms. The monoisotopic (exact) mass is 279 g/mol. The number of hydrogen-bond acceptors (Lipinski definition) is 7. The molecule has 1 amide bonds. The molecule has 0 atom stereocenters. The van der Waals surface area contributed by atoms with Crippen molar-refractivity contribution in [2.75, 3.05) is 49.3 Å². The number of aromatic nitrogens is 3. The molecule has 1 saturated heterocycles. The zero-order chi connectivity index (χ0) is 14.7. The van der Waals surface area contributed by atoms with Crippen LogP contribution in [0.1, 0.15) is 12.8 Å². The summed E-state index contributed by atoms with van der Waals surface area (Å²) in [5.74, 6) is 1.53. The first-order valence-corrected chi connectivity index (χ1v) is 6.66. The van der Waals surface area contributed by atoms with E-state index in [9.17, 15) is 4.79 Å². The van der Waals surface area contributed by atoms with Gasteiger partial charge >= 0.3 is 0 Å². The van der Waals surface area contributed by atoms with Gasteiger partial charge in [0, 0.05) is 40.2 Å². The largest absolute Gasteiger partial charge is 0.369 e. The van der Waals surface area contributed by atoms with Crippen LogP contribution in [0.3, 0.4) is 0 Å². The number of carbonyl (C=O) groups is 1. The Balaban J connectivity index is 2.16. The van der Waals surface area contributed by atoms with Gasteiger partial charge in [-0.1, -0.05) is 0 Å². The Morgan fingerprint density at radius 3 is 2.45 bits per heavy atom. The van der Waals surface area contributed by atoms with Crippen LogP contribution in [0.25, 0.3) is 0 Å². The van der Waals surface area contributed by atoms with Crippen LogP contribution in [-0.2, 0) is 4.79 Å². The number of carbonyl (C=O) groups excluding carboxylic acids is 1. The van der Waals surface area contributed by atoms with Gasteiger partial charge in [-0.2, -0.15) is 15.0 Å². The molecule has 0 aliphatic carbocycles. The molecule has 0 radical (unpaired) electrons. The summed E-state index contributed by atoms with van der Waals surface area (Å²) in [6.07, 6.45) is 1.49. The average Bonchev–Trinajstić information content (AvgIpc) is 2.46. The number of hydrogen-bond donors (Lipinski definition) is 2. The highest BCUT2D eigenvalue weighted by Gasteiger charge is 2.25. The fourth-order valence-corrected chi connectivity index (χ4v) is 2.17. The van der Waals surface area contributed by atoms with Gasteiger partial charge in [-0.05, 0) is 12.8 Å². The van der Waals surface area contributed by atoms with Crippen molar-refractivity contribution in [1.82, 2.24) is 15.0 Å². The van der Waals surface area contributed by atoms with E-state index in [-0.39, 0.29) is 11.8 Å². The van der Waals surface area contributed by atoms with Crippen molar-refractivity contribution in [1.29, 1.82) is 0 Å². The summed E-state index contributed by atoms with van der Waals surface area (Å²) in [5.41, 5.74) is 5.35. The van der Waals surface area contributed by atoms with Gasteiger partial charge in [0.1, 0.15) is 0 Å². The van der Waals surface area contributed by atoms with E-state index in [1.165, 1.54) is 0 Å². The van der Waals surface area contributed by atoms with Gasteiger partial charge in [-0.15, -0.1) is 0 Å². The Labute approximate surface area is 118 Å². The summed E-state index contributed by atoms with van der Waals surface area (Å²) in [7, 11) is 5.55. The summed E-state index contributed by atoms with van der Waals surface area (Å²) in [6.45, 7) is 1.46. The van der Waals surface area contributed by atoms with Gasteiger partial charge in [-0.25, -0.2) is 0 Å². The predicted molar refractivity (Wildman–Crippen MR) is 77.8 cm³/mol. The first-order valence-electron chi connectivity index (χ1n) is 6.66. The second-order valence-corrected chi connectivity index (χ2v) is 5.07. The van der Waals surface area contributed by atoms with Crippen LogP contribution in [-0.4, -0.2) is 55.1 Å². The summed E-state index contributed by atoms with van der Waals surface area (Å²) >= 11 is 0. The molecule has 1 aliphatic rings. The number of rotatable bonds is 4. The molecule has 1 aromatic rings. The molecular formula is C12H21N7O. The number of anilines is 3. The average molecular weight is 279 g/mol. The van der Waals surface area contributed by atoms with Crippen LogP contribution in [0, 0.1) is 5.92 Å². The molecule has 0 spiro atoms. The van der Waals surface area contributed by atoms with E-state index in [2.05, 4.69) is 25.2 Å². The molecule has 110 valence electrons. The number of nitrogens with two attached hydrogens (primary N) is 1. The van der Waals surface area contributed by atoms with E-state index in [0.29, 0.717) is 17.8 Å². The summed E-state index contributed by atoms with van der Waals surface area (Å²) < 4.78 is 0. The van der Waals surface area contributed by atoms with Crippen molar-refractivity contribution in [2.24, 2.45) is 11.7 Å². The smallest absolute Gasteiger partial charge is 0.231 e. The predicted octanol–water partition coefficient (Wildman–Crippen LogP) is -0.319. The van der Waals surface area contributed by atoms with Crippen molar-refractivity contribution in [3.05, 3.63) is 0 Å². The Hall–Kier alpha value is -2.12. The molecule has 0 aromatic carbocycles. The molecule has 2 heterocycles. The standard InChI is InChI=1S/C12H21N7O/c1-14-10-15-11(18(2)3)17-12(16-10)19-6-4-8(5-7-19)9(13)20/h8H,4-7H2,1-3H3,(H2,13,20)(H,14,15,16,17). The van der Waals surface area contributed by atoms with Gasteiger partial charge in [-0.3, -0.25) is 4.79 Å². The zero-order valence-corrected chi connectivity index (χ0v) is 12.1. The number of nitrogens with zero attached hydrogens (tertiary/aromatic N) is 5. The lowest BCUT2D eigenvalue weighted by Crippen LogP contribution is -2.39. The highest BCUT2D eigenvalue weighted by atomic mass is 16.1. The van der Waals surface area contributed by atoms with Crippen LogP contribution in [0.5, 0.6) is 0 Å². The molecule has 1 fully saturated rings. The number of primary amides is 1. The van der Waals surface area contributed by atoms with Crippen LogP contribution in [0.4, 0.5) is 17.8 Å². The lowest BCUT2D eigenvalue weighted by Gasteiger charge is -2.30. The highest BCUT2D eigenvalue weighted by Crippen LogP contribution is 2.22. The second kappa shape index (κ2) is 5.89. The molecular weight excluding hydrogens is 258 g/mol. The van der Waals surface area contributed by atoms with Crippen LogP contribution in [0.15, 0.2) is 0 Å². The van der Waals surface area contributed by atoms with Gasteiger partial charge in [0.2, 0.25) is 23.8 Å². The SMILES string of the molecule is CNc1nc(N(C)C)nc(N2CCC(C(N)=O)CC2)n1. The molecule has 20 heavy (non-hydrogen) atoms. The van der Waals surface area contributed by atoms with Crippen molar-refractivity contribution >= 4 is 23.8 Å². The van der Waals surface area contributed by atoms with Crippen molar-refractivity contribution in [3.63, 3.8) is 0 Å². The van der Waals surface area contributed by atoms with Crippen molar-refractivity contribution < 1.29 is 4.79 Å². The lowest BCUT2D eigenvalue weighted by molar-refractivity contribution is -0.122. The molecule has 0 unspecified atom stereocenters. The van der Waals surface area contributed by atoms with E-state index >= 15 is 0 Å². The first kappa shape index (κ1) is 14.3. The Bertz CT molecular complexity index is 483. The molecule has 1 aromatic heterocycles. The van der Waals surface area contributed by atoms with E-state index in [0.717, 1.165) is 25.9 Å². The third kappa shape index (κ3) is 3.06. The van der Waals surface area contributed by atoms with Gasteiger partial charge < -0.3 is 20.9 Å². The molecule has 3 N–H and O–H groups in total. The van der Waals surface area contributed by atoms with E-state index in [1.807, 2.05) is 19.0 Å². The molecule has 8 heteroatoms. The van der Waals surface area contributed by atoms with E-state index < -0.39 is 0 Å².